The maximum Gasteiger partial charge on any atom is 0.292 e. The third kappa shape index (κ3) is 2.58. The quantitative estimate of drug-likeness (QED) is 0.445. The van der Waals surface area contributed by atoms with Crippen LogP contribution in [-0.4, -0.2) is 49.1 Å². The molecule has 22 heavy (non-hydrogen) atoms. The number of anilines is 1. The second kappa shape index (κ2) is 5.82. The van der Waals surface area contributed by atoms with E-state index >= 15 is 0 Å². The molecule has 8 nitrogen and oxygen atoms in total. The van der Waals surface area contributed by atoms with Gasteiger partial charge in [0, 0.05) is 12.1 Å². The molecule has 0 radical (unpaired) electrons. The number of nitrogens with one attached hydrogen (secondary N) is 1. The van der Waals surface area contributed by atoms with E-state index in [1.165, 1.54) is 18.2 Å². The van der Waals surface area contributed by atoms with Crippen molar-refractivity contribution in [1.29, 1.82) is 0 Å². The Hall–Kier alpha value is -2.32. The van der Waals surface area contributed by atoms with Crippen LogP contribution in [0.1, 0.15) is 6.42 Å². The zero-order chi connectivity index (χ0) is 15.7. The van der Waals surface area contributed by atoms with E-state index in [-0.39, 0.29) is 29.6 Å². The second-order valence-electron chi connectivity index (χ2n) is 5.37. The second-order valence-corrected chi connectivity index (χ2v) is 5.37. The number of hydrogen-bond donors (Lipinski definition) is 1. The van der Waals surface area contributed by atoms with Gasteiger partial charge in [0.2, 0.25) is 5.91 Å². The Morgan fingerprint density at radius 2 is 2.00 bits per heavy atom. The Labute approximate surface area is 126 Å². The lowest BCUT2D eigenvalue weighted by atomic mass is 10.2. The molecule has 8 heteroatoms. The van der Waals surface area contributed by atoms with Crippen molar-refractivity contribution in [2.45, 2.75) is 12.5 Å². The van der Waals surface area contributed by atoms with Crippen LogP contribution in [0.25, 0.3) is 0 Å². The summed E-state index contributed by atoms with van der Waals surface area (Å²) in [5, 5.41) is 10.8. The summed E-state index contributed by atoms with van der Waals surface area (Å²) in [5.74, 6) is -0.600. The third-order valence-corrected chi connectivity index (χ3v) is 4.07. The smallest absolute Gasteiger partial charge is 0.292 e. The van der Waals surface area contributed by atoms with Crippen LogP contribution >= 0.6 is 0 Å². The number of nitro benzene ring substituents is 1. The Kier molecular flexibility index (Phi) is 3.86. The summed E-state index contributed by atoms with van der Waals surface area (Å²) >= 11 is 0. The molecule has 0 bridgehead atoms. The highest BCUT2D eigenvalue weighted by Crippen LogP contribution is 2.25. The average molecular weight is 306 g/mol. The van der Waals surface area contributed by atoms with Crippen LogP contribution < -0.4 is 9.80 Å². The molecular formula is C14H16N3O5+. The van der Waals surface area contributed by atoms with E-state index in [0.29, 0.717) is 26.3 Å². The predicted molar refractivity (Wildman–Crippen MR) is 75.5 cm³/mol. The minimum atomic E-state index is -0.542. The highest BCUT2D eigenvalue weighted by atomic mass is 16.6. The zero-order valence-electron chi connectivity index (χ0n) is 11.9. The first kappa shape index (κ1) is 14.6. The molecule has 116 valence electrons. The molecule has 2 aliphatic heterocycles. The fraction of sp³-hybridized carbons (Fsp3) is 0.429. The lowest BCUT2D eigenvalue weighted by Crippen LogP contribution is -3.18. The zero-order valence-corrected chi connectivity index (χ0v) is 11.9. The van der Waals surface area contributed by atoms with E-state index in [1.54, 1.807) is 6.07 Å². The van der Waals surface area contributed by atoms with Gasteiger partial charge in [-0.25, -0.2) is 4.90 Å². The molecule has 2 heterocycles. The number of morpholine rings is 1. The maximum atomic E-state index is 12.6. The van der Waals surface area contributed by atoms with Crippen molar-refractivity contribution in [2.75, 3.05) is 31.2 Å². The van der Waals surface area contributed by atoms with Crippen LogP contribution in [0.2, 0.25) is 0 Å². The lowest BCUT2D eigenvalue weighted by Gasteiger charge is -2.27. The van der Waals surface area contributed by atoms with Gasteiger partial charge in [-0.2, -0.15) is 0 Å². The maximum absolute atomic E-state index is 12.6. The van der Waals surface area contributed by atoms with Crippen LogP contribution in [0.15, 0.2) is 24.3 Å². The first-order valence-electron chi connectivity index (χ1n) is 7.11. The molecule has 1 N–H and O–H groups in total. The first-order chi connectivity index (χ1) is 10.6. The summed E-state index contributed by atoms with van der Waals surface area (Å²) in [4.78, 5) is 37.2. The van der Waals surface area contributed by atoms with Crippen LogP contribution in [0.5, 0.6) is 0 Å². The highest BCUT2D eigenvalue weighted by molar-refractivity contribution is 6.22. The Morgan fingerprint density at radius 3 is 2.68 bits per heavy atom. The summed E-state index contributed by atoms with van der Waals surface area (Å²) in [5.41, 5.74) is 0.125. The first-order valence-corrected chi connectivity index (χ1v) is 7.11. The van der Waals surface area contributed by atoms with Gasteiger partial charge in [-0.3, -0.25) is 19.7 Å². The molecule has 0 aromatic heterocycles. The van der Waals surface area contributed by atoms with Crippen molar-refractivity contribution in [3.8, 4) is 0 Å². The minimum absolute atomic E-state index is 0.136. The molecule has 2 amide bonds. The number of imide groups is 1. The number of carbonyl (C=O) groups is 2. The largest absolute Gasteiger partial charge is 0.370 e. The Morgan fingerprint density at radius 1 is 1.27 bits per heavy atom. The normalized spacial score (nSPS) is 23.1. The molecule has 0 unspecified atom stereocenters. The van der Waals surface area contributed by atoms with E-state index < -0.39 is 11.0 Å². The summed E-state index contributed by atoms with van der Waals surface area (Å²) in [6.45, 7) is 2.52. The van der Waals surface area contributed by atoms with Gasteiger partial charge in [0.25, 0.3) is 11.6 Å². The number of benzene rings is 1. The fourth-order valence-corrected chi connectivity index (χ4v) is 2.95. The van der Waals surface area contributed by atoms with Gasteiger partial charge < -0.3 is 9.64 Å². The van der Waals surface area contributed by atoms with Crippen LogP contribution in [0.3, 0.4) is 0 Å². The van der Waals surface area contributed by atoms with Gasteiger partial charge in [-0.15, -0.1) is 0 Å². The molecule has 2 aliphatic rings. The summed E-state index contributed by atoms with van der Waals surface area (Å²) in [6.07, 6.45) is 0.136. The van der Waals surface area contributed by atoms with Gasteiger partial charge in [0.15, 0.2) is 6.04 Å². The molecule has 0 saturated carbocycles. The van der Waals surface area contributed by atoms with Gasteiger partial charge in [0.1, 0.15) is 13.1 Å². The summed E-state index contributed by atoms with van der Waals surface area (Å²) in [7, 11) is 0. The Bertz CT molecular complexity index is 627. The Balaban J connectivity index is 1.85. The number of quaternary nitrogens is 1. The van der Waals surface area contributed by atoms with Crippen molar-refractivity contribution in [3.63, 3.8) is 0 Å². The van der Waals surface area contributed by atoms with Crippen molar-refractivity contribution in [2.24, 2.45) is 0 Å². The van der Waals surface area contributed by atoms with Crippen LogP contribution in [-0.2, 0) is 14.3 Å². The molecule has 2 fully saturated rings. The van der Waals surface area contributed by atoms with Crippen molar-refractivity contribution in [1.82, 2.24) is 0 Å². The lowest BCUT2D eigenvalue weighted by molar-refractivity contribution is -0.922. The highest BCUT2D eigenvalue weighted by Gasteiger charge is 2.46. The molecular weight excluding hydrogens is 290 g/mol. The SMILES string of the molecule is O=C1C[C@H]([NH+]2CCOCC2)C(=O)N1c1cccc([N+](=O)[O-])c1. The number of amides is 2. The van der Waals surface area contributed by atoms with Crippen molar-refractivity contribution in [3.05, 3.63) is 34.4 Å². The van der Waals surface area contributed by atoms with E-state index in [1.807, 2.05) is 0 Å². The number of non-ortho nitro benzene ring substituents is 1. The number of rotatable bonds is 3. The van der Waals surface area contributed by atoms with E-state index in [9.17, 15) is 19.7 Å². The number of nitro groups is 1. The molecule has 1 aromatic carbocycles. The van der Waals surface area contributed by atoms with E-state index in [4.69, 9.17) is 4.74 Å². The van der Waals surface area contributed by atoms with Crippen LogP contribution in [0, 0.1) is 10.1 Å². The van der Waals surface area contributed by atoms with Crippen molar-refractivity contribution >= 4 is 23.2 Å². The summed E-state index contributed by atoms with van der Waals surface area (Å²) in [6, 6.07) is 5.19. The topological polar surface area (TPSA) is 94.2 Å². The predicted octanol–water partition coefficient (Wildman–Crippen LogP) is -0.858. The standard InChI is InChI=1S/C14H15N3O5/c18-13-9-12(15-4-6-22-7-5-15)14(19)16(13)10-2-1-3-11(8-10)17(20)21/h1-3,8,12H,4-7,9H2/p+1/t12-/m0/s1. The van der Waals surface area contributed by atoms with Gasteiger partial charge >= 0.3 is 0 Å². The fourth-order valence-electron chi connectivity index (χ4n) is 2.95. The van der Waals surface area contributed by atoms with Crippen LogP contribution in [0.4, 0.5) is 11.4 Å². The van der Waals surface area contributed by atoms with Gasteiger partial charge in [0.05, 0.1) is 30.2 Å². The molecule has 0 aliphatic carbocycles. The van der Waals surface area contributed by atoms with Crippen molar-refractivity contribution < 1.29 is 24.1 Å². The number of nitrogens with zero attached hydrogens (tertiary/aromatic N) is 2. The minimum Gasteiger partial charge on any atom is -0.370 e. The molecule has 2 saturated heterocycles. The number of carbonyl (C=O) groups excluding carboxylic acids is 2. The third-order valence-electron chi connectivity index (χ3n) is 4.07. The molecule has 1 aromatic rings. The monoisotopic (exact) mass is 306 g/mol. The number of hydrogen-bond acceptors (Lipinski definition) is 5. The van der Waals surface area contributed by atoms with Gasteiger partial charge in [-0.05, 0) is 6.07 Å². The number of ether oxygens (including phenoxy) is 1. The molecule has 1 atom stereocenters. The molecule has 3 rings (SSSR count). The van der Waals surface area contributed by atoms with Gasteiger partial charge in [-0.1, -0.05) is 6.07 Å². The molecule has 0 spiro atoms. The summed E-state index contributed by atoms with van der Waals surface area (Å²) < 4.78 is 5.27. The average Bonchev–Trinajstić information content (AvgIpc) is 2.83. The van der Waals surface area contributed by atoms with E-state index in [0.717, 1.165) is 9.80 Å². The van der Waals surface area contributed by atoms with E-state index in [2.05, 4.69) is 0 Å².